The maximum atomic E-state index is 11.5. The molecule has 3 aromatic rings. The van der Waals surface area contributed by atoms with E-state index < -0.39 is 6.10 Å². The molecule has 2 aliphatic heterocycles. The number of hydrogen-bond donors (Lipinski definition) is 2. The van der Waals surface area contributed by atoms with Gasteiger partial charge in [-0.25, -0.2) is 4.98 Å². The molecule has 0 saturated heterocycles. The maximum Gasteiger partial charge on any atom is 0.262 e. The molecule has 0 aliphatic carbocycles. The summed E-state index contributed by atoms with van der Waals surface area (Å²) >= 11 is 0. The monoisotopic (exact) mass is 347 g/mol. The predicted molar refractivity (Wildman–Crippen MR) is 95.9 cm³/mol. The number of ether oxygens (including phenoxy) is 1. The van der Waals surface area contributed by atoms with Crippen LogP contribution in [0.5, 0.6) is 5.75 Å². The van der Waals surface area contributed by atoms with Crippen LogP contribution in [0.2, 0.25) is 0 Å². The molecule has 26 heavy (non-hydrogen) atoms. The summed E-state index contributed by atoms with van der Waals surface area (Å²) in [7, 11) is 0. The molecule has 5 rings (SSSR count). The quantitative estimate of drug-likeness (QED) is 0.764. The summed E-state index contributed by atoms with van der Waals surface area (Å²) in [5.74, 6) is 0.445. The van der Waals surface area contributed by atoms with Gasteiger partial charge in [-0.3, -0.25) is 4.79 Å². The smallest absolute Gasteiger partial charge is 0.262 e. The number of nitrogens with zero attached hydrogens (tertiary/aromatic N) is 2. The number of carbonyl (C=O) groups is 1. The summed E-state index contributed by atoms with van der Waals surface area (Å²) in [6.07, 6.45) is 3.52. The number of aromatic nitrogens is 2. The Morgan fingerprint density at radius 2 is 2.19 bits per heavy atom. The molecule has 6 heteroatoms. The predicted octanol–water partition coefficient (Wildman–Crippen LogP) is 2.91. The molecule has 0 spiro atoms. The molecule has 0 radical (unpaired) electrons. The second-order valence-electron chi connectivity index (χ2n) is 6.63. The molecule has 2 aromatic carbocycles. The first-order valence-corrected chi connectivity index (χ1v) is 8.56. The first-order chi connectivity index (χ1) is 12.7. The topological polar surface area (TPSA) is 76.4 Å². The Morgan fingerprint density at radius 3 is 3.12 bits per heavy atom. The van der Waals surface area contributed by atoms with Crippen molar-refractivity contribution in [1.29, 1.82) is 0 Å². The van der Waals surface area contributed by atoms with E-state index in [1.807, 2.05) is 30.7 Å². The van der Waals surface area contributed by atoms with Gasteiger partial charge in [0.15, 0.2) is 6.61 Å². The lowest BCUT2D eigenvalue weighted by Crippen LogP contribution is -2.25. The van der Waals surface area contributed by atoms with Crippen molar-refractivity contribution in [2.24, 2.45) is 0 Å². The second kappa shape index (κ2) is 5.71. The Labute approximate surface area is 150 Å². The highest BCUT2D eigenvalue weighted by molar-refractivity contribution is 5.95. The van der Waals surface area contributed by atoms with Crippen molar-refractivity contribution >= 4 is 11.6 Å². The molecule has 1 aromatic heterocycles. The normalized spacial score (nSPS) is 18.3. The molecule has 0 fully saturated rings. The summed E-state index contributed by atoms with van der Waals surface area (Å²) in [6, 6.07) is 13.7. The van der Waals surface area contributed by atoms with Crippen molar-refractivity contribution in [1.82, 2.24) is 9.55 Å². The third-order valence-electron chi connectivity index (χ3n) is 5.07. The van der Waals surface area contributed by atoms with Crippen LogP contribution in [0.15, 0.2) is 55.0 Å². The van der Waals surface area contributed by atoms with Gasteiger partial charge in [0.05, 0.1) is 36.1 Å². The molecular formula is C20H17N3O3. The van der Waals surface area contributed by atoms with Crippen LogP contribution in [0, 0.1) is 0 Å². The Kier molecular flexibility index (Phi) is 3.33. The summed E-state index contributed by atoms with van der Waals surface area (Å²) in [6.45, 7) is 0.0250. The SMILES string of the molecule is O=C1COc2ccc(C(O)CC3c4ccccc4-c4cncn43)cc2N1. The molecule has 2 atom stereocenters. The molecule has 0 saturated carbocycles. The molecule has 2 N–H and O–H groups in total. The zero-order valence-corrected chi connectivity index (χ0v) is 13.9. The number of imidazole rings is 1. The van der Waals surface area contributed by atoms with Crippen LogP contribution in [0.1, 0.15) is 29.7 Å². The van der Waals surface area contributed by atoms with E-state index in [4.69, 9.17) is 4.74 Å². The highest BCUT2D eigenvalue weighted by atomic mass is 16.5. The molecule has 3 heterocycles. The maximum absolute atomic E-state index is 11.5. The molecular weight excluding hydrogens is 330 g/mol. The van der Waals surface area contributed by atoms with Crippen LogP contribution in [-0.2, 0) is 4.79 Å². The number of anilines is 1. The number of nitrogens with one attached hydrogen (secondary N) is 1. The van der Waals surface area contributed by atoms with Gasteiger partial charge in [0, 0.05) is 12.0 Å². The van der Waals surface area contributed by atoms with Crippen molar-refractivity contribution in [3.05, 3.63) is 66.1 Å². The van der Waals surface area contributed by atoms with E-state index in [2.05, 4.69) is 27.0 Å². The average Bonchev–Trinajstić information content (AvgIpc) is 3.24. The number of aliphatic hydroxyl groups excluding tert-OH is 1. The molecule has 1 amide bonds. The van der Waals surface area contributed by atoms with Crippen LogP contribution in [0.25, 0.3) is 11.3 Å². The number of fused-ring (bicyclic) bond motifs is 4. The third-order valence-corrected chi connectivity index (χ3v) is 5.07. The van der Waals surface area contributed by atoms with Gasteiger partial charge in [-0.1, -0.05) is 30.3 Å². The average molecular weight is 347 g/mol. The van der Waals surface area contributed by atoms with E-state index in [9.17, 15) is 9.90 Å². The van der Waals surface area contributed by atoms with E-state index in [1.54, 1.807) is 12.1 Å². The van der Waals surface area contributed by atoms with Gasteiger partial charge in [0.2, 0.25) is 0 Å². The third kappa shape index (κ3) is 2.30. The van der Waals surface area contributed by atoms with Crippen molar-refractivity contribution in [2.45, 2.75) is 18.6 Å². The summed E-state index contributed by atoms with van der Waals surface area (Å²) in [5.41, 5.74) is 4.78. The number of rotatable bonds is 3. The van der Waals surface area contributed by atoms with Crippen molar-refractivity contribution in [2.75, 3.05) is 11.9 Å². The minimum Gasteiger partial charge on any atom is -0.482 e. The van der Waals surface area contributed by atoms with E-state index in [-0.39, 0.29) is 18.6 Å². The van der Waals surface area contributed by atoms with Gasteiger partial charge >= 0.3 is 0 Å². The van der Waals surface area contributed by atoms with Crippen molar-refractivity contribution in [3.63, 3.8) is 0 Å². The molecule has 130 valence electrons. The minimum absolute atomic E-state index is 0.0250. The Balaban J connectivity index is 1.45. The Hall–Kier alpha value is -3.12. The lowest BCUT2D eigenvalue weighted by Gasteiger charge is -2.22. The summed E-state index contributed by atoms with van der Waals surface area (Å²) in [4.78, 5) is 15.8. The Bertz CT molecular complexity index is 1010. The number of amides is 1. The molecule has 2 aliphatic rings. The fourth-order valence-electron chi connectivity index (χ4n) is 3.83. The van der Waals surface area contributed by atoms with Gasteiger partial charge in [-0.2, -0.15) is 0 Å². The van der Waals surface area contributed by atoms with E-state index >= 15 is 0 Å². The number of benzene rings is 2. The number of carbonyl (C=O) groups excluding carboxylic acids is 1. The Morgan fingerprint density at radius 1 is 1.31 bits per heavy atom. The van der Waals surface area contributed by atoms with Crippen molar-refractivity contribution < 1.29 is 14.6 Å². The standard InChI is InChI=1S/C20H17N3O3/c24-18(12-5-6-19-15(7-12)22-20(25)10-26-19)8-16-13-3-1-2-4-14(13)17-9-21-11-23(16)17/h1-7,9,11,16,18,24H,8,10H2,(H,22,25). The first kappa shape index (κ1) is 15.2. The number of aliphatic hydroxyl groups is 1. The van der Waals surface area contributed by atoms with Gasteiger partial charge in [-0.15, -0.1) is 0 Å². The van der Waals surface area contributed by atoms with Crippen LogP contribution < -0.4 is 10.1 Å². The first-order valence-electron chi connectivity index (χ1n) is 8.56. The fourth-order valence-corrected chi connectivity index (χ4v) is 3.83. The summed E-state index contributed by atoms with van der Waals surface area (Å²) < 4.78 is 7.49. The van der Waals surface area contributed by atoms with Crippen molar-refractivity contribution in [3.8, 4) is 17.0 Å². The molecule has 0 bridgehead atoms. The van der Waals surface area contributed by atoms with Gasteiger partial charge in [-0.05, 0) is 23.3 Å². The van der Waals surface area contributed by atoms with Gasteiger partial charge in [0.25, 0.3) is 5.91 Å². The van der Waals surface area contributed by atoms with Crippen LogP contribution in [-0.4, -0.2) is 27.2 Å². The highest BCUT2D eigenvalue weighted by Crippen LogP contribution is 2.43. The van der Waals surface area contributed by atoms with Gasteiger partial charge in [0.1, 0.15) is 5.75 Å². The zero-order valence-electron chi connectivity index (χ0n) is 13.9. The highest BCUT2D eigenvalue weighted by Gasteiger charge is 2.30. The second-order valence-corrected chi connectivity index (χ2v) is 6.63. The largest absolute Gasteiger partial charge is 0.482 e. The summed E-state index contributed by atoms with van der Waals surface area (Å²) in [5, 5.41) is 13.6. The van der Waals surface area contributed by atoms with E-state index in [1.165, 1.54) is 5.56 Å². The molecule has 6 nitrogen and oxygen atoms in total. The lowest BCUT2D eigenvalue weighted by molar-refractivity contribution is -0.118. The van der Waals surface area contributed by atoms with Crippen LogP contribution in [0.4, 0.5) is 5.69 Å². The van der Waals surface area contributed by atoms with Gasteiger partial charge < -0.3 is 19.7 Å². The minimum atomic E-state index is -0.675. The van der Waals surface area contributed by atoms with Crippen LogP contribution >= 0.6 is 0 Å². The number of hydrogen-bond acceptors (Lipinski definition) is 4. The zero-order chi connectivity index (χ0) is 17.7. The molecule has 2 unspecified atom stereocenters. The van der Waals surface area contributed by atoms with E-state index in [0.717, 1.165) is 16.8 Å². The lowest BCUT2D eigenvalue weighted by atomic mass is 9.95. The van der Waals surface area contributed by atoms with E-state index in [0.29, 0.717) is 17.9 Å². The van der Waals surface area contributed by atoms with Crippen LogP contribution in [0.3, 0.4) is 0 Å². The fraction of sp³-hybridized carbons (Fsp3) is 0.200.